The van der Waals surface area contributed by atoms with E-state index in [0.717, 1.165) is 29.9 Å². The molecule has 2 aromatic rings. The van der Waals surface area contributed by atoms with Gasteiger partial charge in [-0.25, -0.2) is 0 Å². The molecule has 1 saturated carbocycles. The zero-order valence-corrected chi connectivity index (χ0v) is 14.8. The summed E-state index contributed by atoms with van der Waals surface area (Å²) in [6.07, 6.45) is 2.28. The minimum Gasteiger partial charge on any atom is -0.493 e. The van der Waals surface area contributed by atoms with E-state index in [1.54, 1.807) is 7.11 Å². The highest BCUT2D eigenvalue weighted by Gasteiger charge is 2.40. The molecule has 1 aliphatic rings. The van der Waals surface area contributed by atoms with Gasteiger partial charge in [0.2, 0.25) is 0 Å². The Morgan fingerprint density at radius 1 is 1.08 bits per heavy atom. The first kappa shape index (κ1) is 16.8. The first-order valence-electron chi connectivity index (χ1n) is 8.61. The van der Waals surface area contributed by atoms with Crippen molar-refractivity contribution in [3.05, 3.63) is 59.7 Å². The highest BCUT2D eigenvalue weighted by Crippen LogP contribution is 2.46. The van der Waals surface area contributed by atoms with Gasteiger partial charge in [-0.15, -0.1) is 0 Å². The number of benzene rings is 2. The molecule has 0 spiro atoms. The molecule has 0 bridgehead atoms. The van der Waals surface area contributed by atoms with Crippen molar-refractivity contribution in [3.8, 4) is 11.5 Å². The predicted molar refractivity (Wildman–Crippen MR) is 97.5 cm³/mol. The topological polar surface area (TPSA) is 44.5 Å². The molecule has 128 valence electrons. The van der Waals surface area contributed by atoms with E-state index in [4.69, 9.17) is 15.2 Å². The standard InChI is InChI=1S/C21H27NO2/c1-21(2)12-11-17(20(21)22)16-9-10-18(23-3)19(13-16)24-14-15-7-5-4-6-8-15/h4-10,13,17,20H,11-12,14,22H2,1-3H3. The zero-order valence-electron chi connectivity index (χ0n) is 14.8. The molecular weight excluding hydrogens is 298 g/mol. The van der Waals surface area contributed by atoms with E-state index in [-0.39, 0.29) is 11.5 Å². The zero-order chi connectivity index (χ0) is 17.2. The van der Waals surface area contributed by atoms with Crippen molar-refractivity contribution < 1.29 is 9.47 Å². The first-order valence-corrected chi connectivity index (χ1v) is 8.61. The van der Waals surface area contributed by atoms with Gasteiger partial charge in [0.05, 0.1) is 7.11 Å². The summed E-state index contributed by atoms with van der Waals surface area (Å²) in [5, 5.41) is 0. The predicted octanol–water partition coefficient (Wildman–Crippen LogP) is 4.51. The third-order valence-electron chi connectivity index (χ3n) is 5.29. The Hall–Kier alpha value is -2.00. The van der Waals surface area contributed by atoms with Crippen LogP contribution >= 0.6 is 0 Å². The molecule has 2 aromatic carbocycles. The van der Waals surface area contributed by atoms with Gasteiger partial charge in [-0.3, -0.25) is 0 Å². The second-order valence-electron chi connectivity index (χ2n) is 7.34. The largest absolute Gasteiger partial charge is 0.493 e. The minimum absolute atomic E-state index is 0.174. The highest BCUT2D eigenvalue weighted by molar-refractivity contribution is 5.45. The molecule has 0 heterocycles. The van der Waals surface area contributed by atoms with E-state index in [0.29, 0.717) is 12.5 Å². The van der Waals surface area contributed by atoms with E-state index in [1.165, 1.54) is 5.56 Å². The van der Waals surface area contributed by atoms with Gasteiger partial charge in [-0.05, 0) is 47.4 Å². The van der Waals surface area contributed by atoms with Crippen LogP contribution in [0.1, 0.15) is 43.7 Å². The Bertz CT molecular complexity index is 681. The molecule has 2 N–H and O–H groups in total. The van der Waals surface area contributed by atoms with Gasteiger partial charge >= 0.3 is 0 Å². The Morgan fingerprint density at radius 3 is 2.46 bits per heavy atom. The van der Waals surface area contributed by atoms with E-state index in [1.807, 2.05) is 24.3 Å². The molecular formula is C21H27NO2. The summed E-state index contributed by atoms with van der Waals surface area (Å²) in [6.45, 7) is 5.05. The van der Waals surface area contributed by atoms with Gasteiger partial charge in [-0.1, -0.05) is 50.2 Å². The van der Waals surface area contributed by atoms with Gasteiger partial charge in [0, 0.05) is 6.04 Å². The van der Waals surface area contributed by atoms with Gasteiger partial charge < -0.3 is 15.2 Å². The maximum Gasteiger partial charge on any atom is 0.161 e. The molecule has 24 heavy (non-hydrogen) atoms. The molecule has 0 aromatic heterocycles. The van der Waals surface area contributed by atoms with Crippen molar-refractivity contribution in [1.29, 1.82) is 0 Å². The molecule has 0 aliphatic heterocycles. The molecule has 0 radical (unpaired) electrons. The average Bonchev–Trinajstić information content (AvgIpc) is 2.87. The van der Waals surface area contributed by atoms with Gasteiger partial charge in [0.1, 0.15) is 6.61 Å². The van der Waals surface area contributed by atoms with E-state index in [9.17, 15) is 0 Å². The molecule has 2 unspecified atom stereocenters. The summed E-state index contributed by atoms with van der Waals surface area (Å²) in [5.41, 5.74) is 9.08. The molecule has 1 aliphatic carbocycles. The fraction of sp³-hybridized carbons (Fsp3) is 0.429. The molecule has 3 nitrogen and oxygen atoms in total. The van der Waals surface area contributed by atoms with Gasteiger partial charge in [0.25, 0.3) is 0 Å². The van der Waals surface area contributed by atoms with Crippen molar-refractivity contribution >= 4 is 0 Å². The van der Waals surface area contributed by atoms with Crippen molar-refractivity contribution in [1.82, 2.24) is 0 Å². The lowest BCUT2D eigenvalue weighted by molar-refractivity contribution is 0.283. The van der Waals surface area contributed by atoms with E-state index in [2.05, 4.69) is 38.1 Å². The molecule has 3 heteroatoms. The third-order valence-corrected chi connectivity index (χ3v) is 5.29. The van der Waals surface area contributed by atoms with E-state index < -0.39 is 0 Å². The van der Waals surface area contributed by atoms with E-state index >= 15 is 0 Å². The van der Waals surface area contributed by atoms with Crippen LogP contribution in [-0.2, 0) is 6.61 Å². The second kappa shape index (κ2) is 6.86. The first-order chi connectivity index (χ1) is 11.5. The van der Waals surface area contributed by atoms with Crippen LogP contribution in [-0.4, -0.2) is 13.2 Å². The van der Waals surface area contributed by atoms with Gasteiger partial charge in [-0.2, -0.15) is 0 Å². The van der Waals surface area contributed by atoms with Crippen molar-refractivity contribution in [2.75, 3.05) is 7.11 Å². The number of rotatable bonds is 5. The number of nitrogens with two attached hydrogens (primary N) is 1. The summed E-state index contributed by atoms with van der Waals surface area (Å²) in [6, 6.07) is 16.6. The van der Waals surface area contributed by atoms with Crippen LogP contribution in [0.3, 0.4) is 0 Å². The fourth-order valence-corrected chi connectivity index (χ4v) is 3.56. The number of ether oxygens (including phenoxy) is 2. The molecule has 1 fully saturated rings. The normalized spacial score (nSPS) is 22.3. The quantitative estimate of drug-likeness (QED) is 0.880. The van der Waals surface area contributed by atoms with Crippen LogP contribution in [0.15, 0.2) is 48.5 Å². The van der Waals surface area contributed by atoms with Crippen molar-refractivity contribution in [2.45, 2.75) is 45.3 Å². The number of hydrogen-bond acceptors (Lipinski definition) is 3. The Morgan fingerprint density at radius 2 is 1.83 bits per heavy atom. The summed E-state index contributed by atoms with van der Waals surface area (Å²) in [7, 11) is 1.68. The van der Waals surface area contributed by atoms with Crippen LogP contribution in [0.2, 0.25) is 0 Å². The molecule has 2 atom stereocenters. The van der Waals surface area contributed by atoms with Crippen LogP contribution in [0, 0.1) is 5.41 Å². The lowest BCUT2D eigenvalue weighted by Crippen LogP contribution is -2.35. The Kier molecular flexibility index (Phi) is 4.81. The van der Waals surface area contributed by atoms with Crippen molar-refractivity contribution in [2.24, 2.45) is 11.1 Å². The minimum atomic E-state index is 0.174. The van der Waals surface area contributed by atoms with Crippen LogP contribution in [0.25, 0.3) is 0 Å². The number of hydrogen-bond donors (Lipinski definition) is 1. The van der Waals surface area contributed by atoms with Gasteiger partial charge in [0.15, 0.2) is 11.5 Å². The SMILES string of the molecule is COc1ccc(C2CCC(C)(C)C2N)cc1OCc1ccccc1. The van der Waals surface area contributed by atoms with Crippen molar-refractivity contribution in [3.63, 3.8) is 0 Å². The lowest BCUT2D eigenvalue weighted by Gasteiger charge is -2.27. The molecule has 3 rings (SSSR count). The van der Waals surface area contributed by atoms with Crippen LogP contribution in [0.4, 0.5) is 0 Å². The number of methoxy groups -OCH3 is 1. The summed E-state index contributed by atoms with van der Waals surface area (Å²) >= 11 is 0. The summed E-state index contributed by atoms with van der Waals surface area (Å²) in [5.74, 6) is 1.93. The molecule has 0 amide bonds. The average molecular weight is 325 g/mol. The van der Waals surface area contributed by atoms with Crippen LogP contribution in [0.5, 0.6) is 11.5 Å². The Balaban J connectivity index is 1.81. The smallest absolute Gasteiger partial charge is 0.161 e. The fourth-order valence-electron chi connectivity index (χ4n) is 3.56. The maximum atomic E-state index is 6.50. The summed E-state index contributed by atoms with van der Waals surface area (Å²) < 4.78 is 11.5. The Labute approximate surface area is 144 Å². The monoisotopic (exact) mass is 325 g/mol. The second-order valence-corrected chi connectivity index (χ2v) is 7.34. The summed E-state index contributed by atoms with van der Waals surface area (Å²) in [4.78, 5) is 0. The third kappa shape index (κ3) is 3.41. The highest BCUT2D eigenvalue weighted by atomic mass is 16.5. The van der Waals surface area contributed by atoms with Crippen LogP contribution < -0.4 is 15.2 Å². The molecule has 0 saturated heterocycles. The lowest BCUT2D eigenvalue weighted by atomic mass is 9.83. The maximum absolute atomic E-state index is 6.50.